The van der Waals surface area contributed by atoms with E-state index in [1.807, 2.05) is 17.8 Å². The molecule has 0 unspecified atom stereocenters. The first kappa shape index (κ1) is 16.1. The van der Waals surface area contributed by atoms with Crippen molar-refractivity contribution < 1.29 is 4.74 Å². The minimum Gasteiger partial charge on any atom is -0.378 e. The number of hydrogen-bond acceptors (Lipinski definition) is 3. The lowest BCUT2D eigenvalue weighted by Gasteiger charge is -2.27. The molecule has 1 rings (SSSR count). The van der Waals surface area contributed by atoms with E-state index >= 15 is 0 Å². The van der Waals surface area contributed by atoms with Crippen LogP contribution in [0, 0.1) is 0 Å². The van der Waals surface area contributed by atoms with Crippen LogP contribution in [0.3, 0.4) is 0 Å². The maximum absolute atomic E-state index is 5.85. The number of ether oxygens (including phenoxy) is 1. The molecule has 6 heteroatoms. The average molecular weight is 357 g/mol. The second-order valence-corrected chi connectivity index (χ2v) is 4.35. The SMILES string of the molecule is C=CCSCCN=C(N)N1CCOCC1.I. The number of guanidine groups is 1. The Balaban J connectivity index is 0.00000225. The Morgan fingerprint density at radius 3 is 2.81 bits per heavy atom. The fraction of sp³-hybridized carbons (Fsp3) is 0.700. The van der Waals surface area contributed by atoms with Crippen molar-refractivity contribution in [3.8, 4) is 0 Å². The molecule has 94 valence electrons. The lowest BCUT2D eigenvalue weighted by Crippen LogP contribution is -2.44. The minimum atomic E-state index is 0. The molecule has 0 aromatic heterocycles. The molecule has 1 fully saturated rings. The van der Waals surface area contributed by atoms with Crippen LogP contribution >= 0.6 is 35.7 Å². The number of nitrogens with two attached hydrogens (primary N) is 1. The van der Waals surface area contributed by atoms with Crippen LogP contribution in [-0.2, 0) is 4.74 Å². The molecule has 1 aliphatic rings. The van der Waals surface area contributed by atoms with Crippen molar-refractivity contribution in [2.75, 3.05) is 44.4 Å². The highest BCUT2D eigenvalue weighted by atomic mass is 127. The van der Waals surface area contributed by atoms with E-state index in [0.29, 0.717) is 5.96 Å². The lowest BCUT2D eigenvalue weighted by atomic mass is 10.4. The summed E-state index contributed by atoms with van der Waals surface area (Å²) in [6.45, 7) is 7.66. The summed E-state index contributed by atoms with van der Waals surface area (Å²) < 4.78 is 5.24. The standard InChI is InChI=1S/C10H19N3OS.HI/c1-2-8-15-9-3-12-10(11)13-4-6-14-7-5-13;/h2H,1,3-9H2,(H2,11,12);1H. The molecule has 1 heterocycles. The van der Waals surface area contributed by atoms with Gasteiger partial charge in [0.1, 0.15) is 0 Å². The summed E-state index contributed by atoms with van der Waals surface area (Å²) in [6, 6.07) is 0. The van der Waals surface area contributed by atoms with Crippen molar-refractivity contribution in [1.29, 1.82) is 0 Å². The largest absolute Gasteiger partial charge is 0.378 e. The maximum atomic E-state index is 5.85. The third kappa shape index (κ3) is 6.59. The molecule has 0 saturated carbocycles. The Kier molecular flexibility index (Phi) is 10.3. The first-order chi connectivity index (χ1) is 7.34. The minimum absolute atomic E-state index is 0. The Labute approximate surface area is 119 Å². The van der Waals surface area contributed by atoms with Gasteiger partial charge in [-0.1, -0.05) is 6.08 Å². The average Bonchev–Trinajstić information content (AvgIpc) is 2.30. The molecule has 0 radical (unpaired) electrons. The highest BCUT2D eigenvalue weighted by molar-refractivity contribution is 14.0. The quantitative estimate of drug-likeness (QED) is 0.264. The van der Waals surface area contributed by atoms with Crippen molar-refractivity contribution in [3.05, 3.63) is 12.7 Å². The number of halogens is 1. The number of nitrogens with zero attached hydrogens (tertiary/aromatic N) is 2. The third-order valence-corrected chi connectivity index (χ3v) is 3.02. The van der Waals surface area contributed by atoms with Gasteiger partial charge in [-0.05, 0) is 0 Å². The van der Waals surface area contributed by atoms with Crippen LogP contribution in [0.15, 0.2) is 17.6 Å². The second-order valence-electron chi connectivity index (χ2n) is 3.20. The molecule has 0 aromatic rings. The van der Waals surface area contributed by atoms with E-state index in [0.717, 1.165) is 44.4 Å². The Morgan fingerprint density at radius 2 is 2.19 bits per heavy atom. The Bertz CT molecular complexity index is 220. The molecule has 4 nitrogen and oxygen atoms in total. The van der Waals surface area contributed by atoms with Crippen LogP contribution in [0.25, 0.3) is 0 Å². The fourth-order valence-electron chi connectivity index (χ4n) is 1.28. The zero-order chi connectivity index (χ0) is 10.9. The number of aliphatic imine (C=N–C) groups is 1. The molecule has 1 aliphatic heterocycles. The van der Waals surface area contributed by atoms with Gasteiger partial charge in [-0.3, -0.25) is 4.99 Å². The van der Waals surface area contributed by atoms with Gasteiger partial charge in [-0.25, -0.2) is 0 Å². The van der Waals surface area contributed by atoms with Gasteiger partial charge in [0.05, 0.1) is 19.8 Å². The number of thioether (sulfide) groups is 1. The predicted molar refractivity (Wildman–Crippen MR) is 81.8 cm³/mol. The zero-order valence-electron chi connectivity index (χ0n) is 9.43. The van der Waals surface area contributed by atoms with Crippen LogP contribution in [0.5, 0.6) is 0 Å². The maximum Gasteiger partial charge on any atom is 0.191 e. The van der Waals surface area contributed by atoms with Crippen LogP contribution in [-0.4, -0.2) is 55.2 Å². The second kappa shape index (κ2) is 10.2. The van der Waals surface area contributed by atoms with Gasteiger partial charge in [0.25, 0.3) is 0 Å². The van der Waals surface area contributed by atoms with Gasteiger partial charge in [0.15, 0.2) is 5.96 Å². The number of hydrogen-bond donors (Lipinski definition) is 1. The third-order valence-electron chi connectivity index (χ3n) is 2.08. The summed E-state index contributed by atoms with van der Waals surface area (Å²) in [5.74, 6) is 2.63. The van der Waals surface area contributed by atoms with Crippen LogP contribution < -0.4 is 5.73 Å². The molecular weight excluding hydrogens is 337 g/mol. The normalized spacial score (nSPS) is 16.8. The summed E-state index contributed by atoms with van der Waals surface area (Å²) >= 11 is 1.82. The lowest BCUT2D eigenvalue weighted by molar-refractivity contribution is 0.0674. The molecule has 0 aromatic carbocycles. The molecule has 0 spiro atoms. The highest BCUT2D eigenvalue weighted by Gasteiger charge is 2.11. The van der Waals surface area contributed by atoms with Gasteiger partial charge in [-0.15, -0.1) is 30.6 Å². The Morgan fingerprint density at radius 1 is 1.50 bits per heavy atom. The monoisotopic (exact) mass is 357 g/mol. The Hall–Kier alpha value is 0.0500. The van der Waals surface area contributed by atoms with E-state index in [-0.39, 0.29) is 24.0 Å². The van der Waals surface area contributed by atoms with E-state index in [9.17, 15) is 0 Å². The molecule has 2 N–H and O–H groups in total. The van der Waals surface area contributed by atoms with E-state index < -0.39 is 0 Å². The summed E-state index contributed by atoms with van der Waals surface area (Å²) in [6.07, 6.45) is 1.90. The van der Waals surface area contributed by atoms with Gasteiger partial charge in [0.2, 0.25) is 0 Å². The highest BCUT2D eigenvalue weighted by Crippen LogP contribution is 2.00. The van der Waals surface area contributed by atoms with E-state index in [2.05, 4.69) is 16.5 Å². The van der Waals surface area contributed by atoms with Crippen molar-refractivity contribution in [1.82, 2.24) is 4.90 Å². The van der Waals surface area contributed by atoms with E-state index in [1.165, 1.54) is 0 Å². The molecular formula is C10H20IN3OS. The number of morpholine rings is 1. The summed E-state index contributed by atoms with van der Waals surface area (Å²) in [7, 11) is 0. The van der Waals surface area contributed by atoms with Gasteiger partial charge in [0, 0.05) is 24.6 Å². The molecule has 16 heavy (non-hydrogen) atoms. The molecule has 0 atom stereocenters. The van der Waals surface area contributed by atoms with Crippen molar-refractivity contribution >= 4 is 41.7 Å². The smallest absolute Gasteiger partial charge is 0.191 e. The summed E-state index contributed by atoms with van der Waals surface area (Å²) in [5.41, 5.74) is 5.85. The van der Waals surface area contributed by atoms with E-state index in [1.54, 1.807) is 0 Å². The van der Waals surface area contributed by atoms with Gasteiger partial charge < -0.3 is 15.4 Å². The van der Waals surface area contributed by atoms with E-state index in [4.69, 9.17) is 10.5 Å². The molecule has 0 bridgehead atoms. The van der Waals surface area contributed by atoms with Gasteiger partial charge in [-0.2, -0.15) is 11.8 Å². The summed E-state index contributed by atoms with van der Waals surface area (Å²) in [5, 5.41) is 0. The topological polar surface area (TPSA) is 50.8 Å². The van der Waals surface area contributed by atoms with Crippen LogP contribution in [0.4, 0.5) is 0 Å². The predicted octanol–water partition coefficient (Wildman–Crippen LogP) is 1.17. The van der Waals surface area contributed by atoms with Crippen LogP contribution in [0.2, 0.25) is 0 Å². The molecule has 0 amide bonds. The fourth-order valence-corrected chi connectivity index (χ4v) is 1.84. The number of rotatable bonds is 5. The van der Waals surface area contributed by atoms with Crippen molar-refractivity contribution in [2.45, 2.75) is 0 Å². The van der Waals surface area contributed by atoms with Crippen molar-refractivity contribution in [2.24, 2.45) is 10.7 Å². The van der Waals surface area contributed by atoms with Gasteiger partial charge >= 0.3 is 0 Å². The van der Waals surface area contributed by atoms with Crippen molar-refractivity contribution in [3.63, 3.8) is 0 Å². The molecule has 1 saturated heterocycles. The molecule has 0 aliphatic carbocycles. The summed E-state index contributed by atoms with van der Waals surface area (Å²) in [4.78, 5) is 6.40. The zero-order valence-corrected chi connectivity index (χ0v) is 12.6. The van der Waals surface area contributed by atoms with Crippen LogP contribution in [0.1, 0.15) is 0 Å². The first-order valence-electron chi connectivity index (χ1n) is 5.16. The first-order valence-corrected chi connectivity index (χ1v) is 6.31.